The molecule has 0 radical (unpaired) electrons. The molecule has 0 amide bonds. The molecule has 1 unspecified atom stereocenters. The summed E-state index contributed by atoms with van der Waals surface area (Å²) in [6, 6.07) is 6.44. The minimum absolute atomic E-state index is 0.137. The highest BCUT2D eigenvalue weighted by Gasteiger charge is 2.27. The van der Waals surface area contributed by atoms with Gasteiger partial charge < -0.3 is 9.80 Å². The first kappa shape index (κ1) is 14.5. The number of halogens is 1. The third-order valence-electron chi connectivity index (χ3n) is 3.60. The van der Waals surface area contributed by atoms with Crippen LogP contribution in [0, 0.1) is 0 Å². The van der Waals surface area contributed by atoms with Crippen molar-refractivity contribution in [1.82, 2.24) is 4.90 Å². The van der Waals surface area contributed by atoms with E-state index in [4.69, 9.17) is 0 Å². The van der Waals surface area contributed by atoms with Gasteiger partial charge in [-0.05, 0) is 52.1 Å². The molecule has 3 nitrogen and oxygen atoms in total. The first-order valence-electron chi connectivity index (χ1n) is 6.71. The molecular weight excluding hydrogens is 304 g/mol. The lowest BCUT2D eigenvalue weighted by molar-refractivity contribution is 0.101. The highest BCUT2D eigenvalue weighted by atomic mass is 79.9. The fourth-order valence-electron chi connectivity index (χ4n) is 2.80. The Labute approximate surface area is 123 Å². The lowest BCUT2D eigenvalue weighted by Crippen LogP contribution is -2.38. The Kier molecular flexibility index (Phi) is 4.63. The molecular formula is C15H21BrN2O. The Hall–Kier alpha value is -0.870. The molecule has 19 heavy (non-hydrogen) atoms. The summed E-state index contributed by atoms with van der Waals surface area (Å²) in [5.41, 5.74) is 1.90. The maximum absolute atomic E-state index is 11.8. The number of rotatable bonds is 4. The van der Waals surface area contributed by atoms with E-state index in [-0.39, 0.29) is 5.78 Å². The third kappa shape index (κ3) is 3.37. The number of carbonyl (C=O) groups is 1. The van der Waals surface area contributed by atoms with Crippen molar-refractivity contribution in [3.05, 3.63) is 28.2 Å². The zero-order valence-electron chi connectivity index (χ0n) is 11.8. The molecule has 1 aromatic rings. The molecule has 2 rings (SSSR count). The van der Waals surface area contributed by atoms with E-state index < -0.39 is 0 Å². The summed E-state index contributed by atoms with van der Waals surface area (Å²) in [6.45, 7) is 3.71. The van der Waals surface area contributed by atoms with Gasteiger partial charge in [0.05, 0.1) is 0 Å². The molecule has 0 spiro atoms. The van der Waals surface area contributed by atoms with Gasteiger partial charge in [0.1, 0.15) is 0 Å². The van der Waals surface area contributed by atoms with Crippen molar-refractivity contribution in [3.63, 3.8) is 0 Å². The van der Waals surface area contributed by atoms with Gasteiger partial charge in [-0.3, -0.25) is 4.79 Å². The summed E-state index contributed by atoms with van der Waals surface area (Å²) in [4.78, 5) is 16.4. The second-order valence-electron chi connectivity index (χ2n) is 5.47. The Bertz CT molecular complexity index is 473. The number of ketones is 1. The van der Waals surface area contributed by atoms with Gasteiger partial charge in [0, 0.05) is 34.9 Å². The molecule has 1 aliphatic rings. The highest BCUT2D eigenvalue weighted by molar-refractivity contribution is 9.10. The first-order valence-corrected chi connectivity index (χ1v) is 7.50. The lowest BCUT2D eigenvalue weighted by atomic mass is 10.1. The van der Waals surface area contributed by atoms with E-state index in [9.17, 15) is 4.79 Å². The molecule has 1 saturated heterocycles. The summed E-state index contributed by atoms with van der Waals surface area (Å²) < 4.78 is 1.03. The number of carbonyl (C=O) groups excluding carboxylic acids is 1. The predicted octanol–water partition coefficient (Wildman–Crippen LogP) is 3.18. The van der Waals surface area contributed by atoms with E-state index in [1.54, 1.807) is 6.92 Å². The quantitative estimate of drug-likeness (QED) is 0.795. The topological polar surface area (TPSA) is 23.6 Å². The van der Waals surface area contributed by atoms with E-state index in [1.807, 2.05) is 12.1 Å². The first-order chi connectivity index (χ1) is 8.99. The van der Waals surface area contributed by atoms with E-state index in [1.165, 1.54) is 12.8 Å². The molecule has 104 valence electrons. The van der Waals surface area contributed by atoms with Crippen molar-refractivity contribution in [1.29, 1.82) is 0 Å². The van der Waals surface area contributed by atoms with Crippen LogP contribution in [0.5, 0.6) is 0 Å². The molecule has 1 fully saturated rings. The van der Waals surface area contributed by atoms with Gasteiger partial charge in [0.15, 0.2) is 5.78 Å². The van der Waals surface area contributed by atoms with Gasteiger partial charge in [-0.25, -0.2) is 0 Å². The van der Waals surface area contributed by atoms with Gasteiger partial charge in [-0.1, -0.05) is 15.9 Å². The van der Waals surface area contributed by atoms with Crippen molar-refractivity contribution < 1.29 is 4.79 Å². The summed E-state index contributed by atoms with van der Waals surface area (Å²) in [6.07, 6.45) is 2.39. The van der Waals surface area contributed by atoms with Crippen molar-refractivity contribution in [2.75, 3.05) is 32.1 Å². The average Bonchev–Trinajstić information content (AvgIpc) is 2.75. The van der Waals surface area contributed by atoms with E-state index in [0.717, 1.165) is 28.8 Å². The van der Waals surface area contributed by atoms with Crippen LogP contribution in [0.3, 0.4) is 0 Å². The van der Waals surface area contributed by atoms with E-state index in [0.29, 0.717) is 6.04 Å². The fourth-order valence-corrected chi connectivity index (χ4v) is 3.15. The molecule has 4 heteroatoms. The number of benzene rings is 1. The third-order valence-corrected chi connectivity index (χ3v) is 4.09. The largest absolute Gasteiger partial charge is 0.367 e. The van der Waals surface area contributed by atoms with Crippen molar-refractivity contribution in [2.45, 2.75) is 25.8 Å². The molecule has 1 heterocycles. The van der Waals surface area contributed by atoms with Crippen molar-refractivity contribution in [2.24, 2.45) is 0 Å². The van der Waals surface area contributed by atoms with Crippen LogP contribution in [0.25, 0.3) is 0 Å². The van der Waals surface area contributed by atoms with Gasteiger partial charge in [-0.2, -0.15) is 0 Å². The summed E-state index contributed by atoms with van der Waals surface area (Å²) in [5.74, 6) is 0.137. The van der Waals surface area contributed by atoms with Crippen LogP contribution in [-0.2, 0) is 0 Å². The van der Waals surface area contributed by atoms with Crippen molar-refractivity contribution in [3.8, 4) is 0 Å². The standard InChI is InChI=1S/C15H21BrN2O/c1-11(19)14-7-6-12(16)9-15(14)18-8-4-5-13(18)10-17(2)3/h6-7,9,13H,4-5,8,10H2,1-3H3. The average molecular weight is 325 g/mol. The summed E-state index contributed by atoms with van der Waals surface area (Å²) in [5, 5.41) is 0. The predicted molar refractivity (Wildman–Crippen MR) is 83.1 cm³/mol. The van der Waals surface area contributed by atoms with Gasteiger partial charge in [-0.15, -0.1) is 0 Å². The van der Waals surface area contributed by atoms with Crippen LogP contribution in [0.15, 0.2) is 22.7 Å². The molecule has 0 aromatic heterocycles. The number of Topliss-reactive ketones (excluding diaryl/α,β-unsaturated/α-hetero) is 1. The number of anilines is 1. The van der Waals surface area contributed by atoms with Crippen LogP contribution < -0.4 is 4.90 Å². The fraction of sp³-hybridized carbons (Fsp3) is 0.533. The second kappa shape index (κ2) is 6.06. The molecule has 0 aliphatic carbocycles. The smallest absolute Gasteiger partial charge is 0.161 e. The lowest BCUT2D eigenvalue weighted by Gasteiger charge is -2.30. The van der Waals surface area contributed by atoms with Gasteiger partial charge in [0.2, 0.25) is 0 Å². The zero-order chi connectivity index (χ0) is 14.0. The molecule has 0 bridgehead atoms. The molecule has 1 aromatic carbocycles. The molecule has 1 aliphatic heterocycles. The van der Waals surface area contributed by atoms with Crippen LogP contribution in [0.1, 0.15) is 30.1 Å². The maximum atomic E-state index is 11.8. The van der Waals surface area contributed by atoms with Crippen molar-refractivity contribution >= 4 is 27.4 Å². The number of hydrogen-bond acceptors (Lipinski definition) is 3. The number of nitrogens with zero attached hydrogens (tertiary/aromatic N) is 2. The summed E-state index contributed by atoms with van der Waals surface area (Å²) >= 11 is 3.51. The summed E-state index contributed by atoms with van der Waals surface area (Å²) in [7, 11) is 4.20. The van der Waals surface area contributed by atoms with E-state index >= 15 is 0 Å². The minimum Gasteiger partial charge on any atom is -0.367 e. The molecule has 0 saturated carbocycles. The van der Waals surface area contributed by atoms with E-state index in [2.05, 4.69) is 45.9 Å². The highest BCUT2D eigenvalue weighted by Crippen LogP contribution is 2.31. The SMILES string of the molecule is CC(=O)c1ccc(Br)cc1N1CCCC1CN(C)C. The zero-order valence-corrected chi connectivity index (χ0v) is 13.4. The Balaban J connectivity index is 2.34. The normalized spacial score (nSPS) is 19.2. The number of hydrogen-bond donors (Lipinski definition) is 0. The van der Waals surface area contributed by atoms with Gasteiger partial charge in [0.25, 0.3) is 0 Å². The second-order valence-corrected chi connectivity index (χ2v) is 6.39. The Morgan fingerprint density at radius 3 is 2.84 bits per heavy atom. The van der Waals surface area contributed by atoms with Crippen LogP contribution >= 0.6 is 15.9 Å². The van der Waals surface area contributed by atoms with Crippen LogP contribution in [0.2, 0.25) is 0 Å². The maximum Gasteiger partial charge on any atom is 0.161 e. The van der Waals surface area contributed by atoms with Crippen LogP contribution in [0.4, 0.5) is 5.69 Å². The van der Waals surface area contributed by atoms with Gasteiger partial charge >= 0.3 is 0 Å². The minimum atomic E-state index is 0.137. The number of likely N-dealkylation sites (N-methyl/N-ethyl adjacent to an activating group) is 1. The molecule has 0 N–H and O–H groups in total. The Morgan fingerprint density at radius 2 is 2.21 bits per heavy atom. The Morgan fingerprint density at radius 1 is 1.47 bits per heavy atom. The van der Waals surface area contributed by atoms with Crippen LogP contribution in [-0.4, -0.2) is 43.9 Å². The molecule has 1 atom stereocenters. The monoisotopic (exact) mass is 324 g/mol.